The van der Waals surface area contributed by atoms with Crippen LogP contribution < -0.4 is 5.32 Å². The van der Waals surface area contributed by atoms with Gasteiger partial charge in [0.1, 0.15) is 11.6 Å². The molecule has 19 heavy (non-hydrogen) atoms. The van der Waals surface area contributed by atoms with Crippen LogP contribution in [0.2, 0.25) is 0 Å². The lowest BCUT2D eigenvalue weighted by Crippen LogP contribution is -2.77. The third kappa shape index (κ3) is 1.61. The lowest BCUT2D eigenvalue weighted by Gasteiger charge is -2.55. The second-order valence-electron chi connectivity index (χ2n) is 5.35. The van der Waals surface area contributed by atoms with Gasteiger partial charge < -0.3 is 19.7 Å². The number of carbonyl (C=O) groups excluding carboxylic acids is 1. The molecule has 2 fully saturated rings. The van der Waals surface area contributed by atoms with Gasteiger partial charge in [-0.25, -0.2) is 0 Å². The summed E-state index contributed by atoms with van der Waals surface area (Å²) in [5.74, 6) is 0.296. The number of aromatic nitrogens is 2. The summed E-state index contributed by atoms with van der Waals surface area (Å²) in [5, 5.41) is 20.7. The van der Waals surface area contributed by atoms with Gasteiger partial charge in [0.2, 0.25) is 18.2 Å². The fourth-order valence-corrected chi connectivity index (χ4v) is 3.30. The summed E-state index contributed by atoms with van der Waals surface area (Å²) in [6.07, 6.45) is 2.30. The molecular weight excluding hydrogens is 248 g/mol. The number of rotatable bonds is 3. The molecule has 0 aliphatic carbocycles. The highest BCUT2D eigenvalue weighted by Crippen LogP contribution is 2.43. The van der Waals surface area contributed by atoms with E-state index in [4.69, 9.17) is 4.42 Å². The summed E-state index contributed by atoms with van der Waals surface area (Å²) >= 11 is 0. The number of nitrogens with one attached hydrogen (secondary N) is 1. The van der Waals surface area contributed by atoms with Crippen LogP contribution >= 0.6 is 0 Å². The Balaban J connectivity index is 1.88. The van der Waals surface area contributed by atoms with Crippen LogP contribution in [0.25, 0.3) is 0 Å². The molecule has 1 amide bonds. The monoisotopic (exact) mass is 266 g/mol. The molecule has 0 aromatic carbocycles. The zero-order valence-electron chi connectivity index (χ0n) is 11.0. The Morgan fingerprint density at radius 3 is 2.95 bits per heavy atom. The summed E-state index contributed by atoms with van der Waals surface area (Å²) in [6.45, 7) is 4.48. The molecule has 3 rings (SSSR count). The lowest BCUT2D eigenvalue weighted by molar-refractivity contribution is -0.171. The fourth-order valence-electron chi connectivity index (χ4n) is 3.30. The van der Waals surface area contributed by atoms with E-state index in [2.05, 4.69) is 15.5 Å². The van der Waals surface area contributed by atoms with Crippen molar-refractivity contribution in [3.05, 3.63) is 12.3 Å². The molecule has 2 saturated heterocycles. The molecule has 0 radical (unpaired) electrons. The van der Waals surface area contributed by atoms with Crippen molar-refractivity contribution in [1.29, 1.82) is 0 Å². The first kappa shape index (κ1) is 12.6. The summed E-state index contributed by atoms with van der Waals surface area (Å²) in [5.41, 5.74) is -0.451. The summed E-state index contributed by atoms with van der Waals surface area (Å²) in [6, 6.07) is -0.563. The zero-order valence-corrected chi connectivity index (χ0v) is 11.0. The Hall–Kier alpha value is -1.47. The van der Waals surface area contributed by atoms with E-state index >= 15 is 0 Å². The van der Waals surface area contributed by atoms with Gasteiger partial charge in [0, 0.05) is 0 Å². The van der Waals surface area contributed by atoms with Crippen LogP contribution in [0, 0.1) is 0 Å². The van der Waals surface area contributed by atoms with E-state index < -0.39 is 17.7 Å². The number of aliphatic hydroxyl groups is 1. The number of β-lactam (4-membered cyclic amide) rings is 1. The van der Waals surface area contributed by atoms with Gasteiger partial charge in [-0.2, -0.15) is 0 Å². The van der Waals surface area contributed by atoms with Crippen LogP contribution in [0.4, 0.5) is 0 Å². The maximum absolute atomic E-state index is 12.5. The Morgan fingerprint density at radius 2 is 2.47 bits per heavy atom. The van der Waals surface area contributed by atoms with E-state index in [1.807, 2.05) is 6.92 Å². The maximum atomic E-state index is 12.5. The highest BCUT2D eigenvalue weighted by Gasteiger charge is 2.62. The summed E-state index contributed by atoms with van der Waals surface area (Å²) < 4.78 is 5.17. The number of likely N-dealkylation sites (tertiary alicyclic amines) is 1. The van der Waals surface area contributed by atoms with E-state index in [1.165, 1.54) is 6.39 Å². The van der Waals surface area contributed by atoms with Crippen LogP contribution in [0.3, 0.4) is 0 Å². The van der Waals surface area contributed by atoms with Crippen LogP contribution in [-0.2, 0) is 4.79 Å². The van der Waals surface area contributed by atoms with Crippen LogP contribution in [-0.4, -0.2) is 50.3 Å². The number of carbonyl (C=O) groups is 1. The Bertz CT molecular complexity index is 467. The quantitative estimate of drug-likeness (QED) is 0.739. The first-order valence-corrected chi connectivity index (χ1v) is 6.60. The van der Waals surface area contributed by atoms with Crippen molar-refractivity contribution in [2.75, 3.05) is 6.54 Å². The van der Waals surface area contributed by atoms with E-state index in [0.717, 1.165) is 19.4 Å². The van der Waals surface area contributed by atoms with Crippen LogP contribution in [0.5, 0.6) is 0 Å². The van der Waals surface area contributed by atoms with Gasteiger partial charge >= 0.3 is 0 Å². The Labute approximate surface area is 111 Å². The number of aliphatic hydroxyl groups excluding tert-OH is 1. The molecule has 4 unspecified atom stereocenters. The number of hydrogen-bond donors (Lipinski definition) is 2. The number of hydrogen-bond acceptors (Lipinski definition) is 6. The summed E-state index contributed by atoms with van der Waals surface area (Å²) in [4.78, 5) is 14.1. The molecule has 1 aromatic heterocycles. The van der Waals surface area contributed by atoms with Crippen molar-refractivity contribution in [3.63, 3.8) is 0 Å². The molecule has 2 aliphatic heterocycles. The third-order valence-corrected chi connectivity index (χ3v) is 4.32. The predicted molar refractivity (Wildman–Crippen MR) is 65.0 cm³/mol. The van der Waals surface area contributed by atoms with Crippen molar-refractivity contribution < 1.29 is 14.3 Å². The van der Waals surface area contributed by atoms with Gasteiger partial charge in [0.15, 0.2) is 0 Å². The summed E-state index contributed by atoms with van der Waals surface area (Å²) in [7, 11) is 0. The zero-order chi connectivity index (χ0) is 13.6. The molecular formula is C12H18N4O3. The van der Waals surface area contributed by atoms with Gasteiger partial charge in [0.05, 0.1) is 12.1 Å². The van der Waals surface area contributed by atoms with Crippen LogP contribution in [0.15, 0.2) is 10.8 Å². The minimum Gasteiger partial charge on any atom is -0.426 e. The second kappa shape index (κ2) is 4.28. The van der Waals surface area contributed by atoms with Crippen molar-refractivity contribution in [2.45, 2.75) is 50.4 Å². The normalized spacial score (nSPS) is 33.5. The van der Waals surface area contributed by atoms with E-state index in [0.29, 0.717) is 0 Å². The fraction of sp³-hybridized carbons (Fsp3) is 0.750. The number of amides is 1. The first-order valence-electron chi connectivity index (χ1n) is 6.60. The minimum absolute atomic E-state index is 0.00833. The van der Waals surface area contributed by atoms with Crippen LogP contribution in [0.1, 0.15) is 38.6 Å². The lowest BCUT2D eigenvalue weighted by atomic mass is 9.77. The molecule has 0 bridgehead atoms. The first-order chi connectivity index (χ1) is 9.08. The van der Waals surface area contributed by atoms with Gasteiger partial charge in [-0.3, -0.25) is 4.79 Å². The third-order valence-electron chi connectivity index (χ3n) is 4.32. The molecule has 0 saturated carbocycles. The highest BCUT2D eigenvalue weighted by molar-refractivity contribution is 5.94. The average Bonchev–Trinajstić information content (AvgIpc) is 3.06. The van der Waals surface area contributed by atoms with Crippen molar-refractivity contribution in [2.24, 2.45) is 0 Å². The van der Waals surface area contributed by atoms with Gasteiger partial charge in [-0.1, -0.05) is 0 Å². The molecule has 4 atom stereocenters. The molecule has 1 aromatic rings. The minimum atomic E-state index is -0.759. The SMILES string of the molecule is CC(O)C(c1nnco1)N1C(=O)C2(CCCN2)C1C. The van der Waals surface area contributed by atoms with Gasteiger partial charge in [-0.05, 0) is 33.2 Å². The molecule has 1 spiro atoms. The topological polar surface area (TPSA) is 91.5 Å². The van der Waals surface area contributed by atoms with E-state index in [9.17, 15) is 9.90 Å². The van der Waals surface area contributed by atoms with Crippen molar-refractivity contribution in [1.82, 2.24) is 20.4 Å². The second-order valence-corrected chi connectivity index (χ2v) is 5.35. The standard InChI is InChI=1S/C12H18N4O3/c1-7(17)9(10-15-14-6-19-10)16-8(2)12(11(16)18)4-3-5-13-12/h6-9,13,17H,3-5H2,1-2H3. The van der Waals surface area contributed by atoms with E-state index in [-0.39, 0.29) is 17.8 Å². The highest BCUT2D eigenvalue weighted by atomic mass is 16.4. The molecule has 3 heterocycles. The number of nitrogens with zero attached hydrogens (tertiary/aromatic N) is 3. The largest absolute Gasteiger partial charge is 0.426 e. The van der Waals surface area contributed by atoms with E-state index in [1.54, 1.807) is 11.8 Å². The molecule has 2 N–H and O–H groups in total. The average molecular weight is 266 g/mol. The van der Waals surface area contributed by atoms with Crippen molar-refractivity contribution in [3.8, 4) is 0 Å². The Morgan fingerprint density at radius 1 is 1.68 bits per heavy atom. The molecule has 7 nitrogen and oxygen atoms in total. The Kier molecular flexibility index (Phi) is 2.83. The van der Waals surface area contributed by atoms with Gasteiger partial charge in [0.25, 0.3) is 0 Å². The predicted octanol–water partition coefficient (Wildman–Crippen LogP) is -0.156. The van der Waals surface area contributed by atoms with Crippen molar-refractivity contribution >= 4 is 5.91 Å². The smallest absolute Gasteiger partial charge is 0.246 e. The molecule has 2 aliphatic rings. The molecule has 104 valence electrons. The molecule has 7 heteroatoms. The van der Waals surface area contributed by atoms with Gasteiger partial charge in [-0.15, -0.1) is 10.2 Å². The maximum Gasteiger partial charge on any atom is 0.246 e.